The van der Waals surface area contributed by atoms with Crippen LogP contribution in [0.1, 0.15) is 58.6 Å². The molecule has 1 aromatic carbocycles. The van der Waals surface area contributed by atoms with Gasteiger partial charge in [0, 0.05) is 11.6 Å². The summed E-state index contributed by atoms with van der Waals surface area (Å²) in [5.74, 6) is 0.500. The summed E-state index contributed by atoms with van der Waals surface area (Å²) in [4.78, 5) is 32.5. The highest BCUT2D eigenvalue weighted by molar-refractivity contribution is 5.87. The second kappa shape index (κ2) is 8.25. The number of hydrogen-bond donors (Lipinski definition) is 0. The van der Waals surface area contributed by atoms with E-state index in [0.29, 0.717) is 23.9 Å². The number of amides is 1. The van der Waals surface area contributed by atoms with Crippen LogP contribution in [0.4, 0.5) is 0 Å². The summed E-state index contributed by atoms with van der Waals surface area (Å²) in [5.41, 5.74) is 0.883. The highest BCUT2D eigenvalue weighted by Gasteiger charge is 2.48. The Balaban J connectivity index is 1.52. The second-order valence-corrected chi connectivity index (χ2v) is 9.38. The first-order valence-electron chi connectivity index (χ1n) is 10.9. The third-order valence-electron chi connectivity index (χ3n) is 5.96. The first-order chi connectivity index (χ1) is 14.3. The zero-order chi connectivity index (χ0) is 21.3. The van der Waals surface area contributed by atoms with Crippen LogP contribution < -0.4 is 0 Å². The van der Waals surface area contributed by atoms with Gasteiger partial charge < -0.3 is 14.1 Å². The number of benzene rings is 1. The Labute approximate surface area is 177 Å². The largest absolute Gasteiger partial charge is 0.458 e. The van der Waals surface area contributed by atoms with Gasteiger partial charge in [-0.25, -0.2) is 9.78 Å². The highest BCUT2D eigenvalue weighted by atomic mass is 16.6. The SMILES string of the molecule is CC(C)(C)OC(=O)[C@@H]1C[C@@H]2CCCC[C@H]2N1C(=O)Cc1coc(-c2ccccc2)n1. The molecule has 2 aliphatic rings. The minimum absolute atomic E-state index is 0.0758. The number of fused-ring (bicyclic) bond motifs is 1. The van der Waals surface area contributed by atoms with Crippen molar-refractivity contribution in [2.45, 2.75) is 77.0 Å². The van der Waals surface area contributed by atoms with Crippen LogP contribution in [0.25, 0.3) is 11.5 Å². The molecule has 1 saturated heterocycles. The highest BCUT2D eigenvalue weighted by Crippen LogP contribution is 2.40. The zero-order valence-electron chi connectivity index (χ0n) is 18.0. The topological polar surface area (TPSA) is 72.6 Å². The van der Waals surface area contributed by atoms with Gasteiger partial charge in [-0.3, -0.25) is 4.79 Å². The van der Waals surface area contributed by atoms with Crippen LogP contribution in [0.2, 0.25) is 0 Å². The average molecular weight is 411 g/mol. The molecule has 0 unspecified atom stereocenters. The Bertz CT molecular complexity index is 899. The molecule has 6 heteroatoms. The molecule has 1 amide bonds. The van der Waals surface area contributed by atoms with Crippen LogP contribution in [0.15, 0.2) is 41.0 Å². The van der Waals surface area contributed by atoms with Crippen LogP contribution in [0, 0.1) is 5.92 Å². The van der Waals surface area contributed by atoms with E-state index in [-0.39, 0.29) is 24.3 Å². The Morgan fingerprint density at radius 1 is 1.17 bits per heavy atom. The van der Waals surface area contributed by atoms with E-state index in [0.717, 1.165) is 31.2 Å². The fourth-order valence-electron chi connectivity index (χ4n) is 4.75. The molecule has 3 atom stereocenters. The van der Waals surface area contributed by atoms with Gasteiger partial charge in [-0.2, -0.15) is 0 Å². The van der Waals surface area contributed by atoms with Crippen molar-refractivity contribution in [1.82, 2.24) is 9.88 Å². The molecule has 0 spiro atoms. The van der Waals surface area contributed by atoms with E-state index in [9.17, 15) is 9.59 Å². The number of carbonyl (C=O) groups is 2. The molecule has 2 fully saturated rings. The summed E-state index contributed by atoms with van der Waals surface area (Å²) in [6, 6.07) is 9.22. The summed E-state index contributed by atoms with van der Waals surface area (Å²) in [6.45, 7) is 5.58. The number of aromatic nitrogens is 1. The Morgan fingerprint density at radius 3 is 2.63 bits per heavy atom. The third kappa shape index (κ3) is 4.42. The Hall–Kier alpha value is -2.63. The minimum Gasteiger partial charge on any atom is -0.458 e. The predicted molar refractivity (Wildman–Crippen MR) is 112 cm³/mol. The van der Waals surface area contributed by atoms with Crippen molar-refractivity contribution in [3.05, 3.63) is 42.3 Å². The number of esters is 1. The van der Waals surface area contributed by atoms with Crippen molar-refractivity contribution in [2.75, 3.05) is 0 Å². The van der Waals surface area contributed by atoms with E-state index >= 15 is 0 Å². The number of rotatable bonds is 4. The van der Waals surface area contributed by atoms with Gasteiger partial charge in [-0.15, -0.1) is 0 Å². The summed E-state index contributed by atoms with van der Waals surface area (Å²) in [5, 5.41) is 0. The summed E-state index contributed by atoms with van der Waals surface area (Å²) >= 11 is 0. The molecule has 160 valence electrons. The fraction of sp³-hybridized carbons (Fsp3) is 0.542. The molecule has 2 heterocycles. The molecular weight excluding hydrogens is 380 g/mol. The van der Waals surface area contributed by atoms with Gasteiger partial charge in [0.2, 0.25) is 11.8 Å². The monoisotopic (exact) mass is 410 g/mol. The molecule has 0 N–H and O–H groups in total. The van der Waals surface area contributed by atoms with Gasteiger partial charge in [0.25, 0.3) is 0 Å². The maximum Gasteiger partial charge on any atom is 0.329 e. The molecule has 30 heavy (non-hydrogen) atoms. The van der Waals surface area contributed by atoms with Gasteiger partial charge in [-0.05, 0) is 58.1 Å². The van der Waals surface area contributed by atoms with Crippen LogP contribution in [-0.4, -0.2) is 39.4 Å². The lowest BCUT2D eigenvalue weighted by atomic mass is 9.84. The van der Waals surface area contributed by atoms with Crippen molar-refractivity contribution in [1.29, 1.82) is 0 Å². The number of oxazole rings is 1. The molecule has 1 aliphatic carbocycles. The van der Waals surface area contributed by atoms with Gasteiger partial charge in [0.05, 0.1) is 12.1 Å². The maximum atomic E-state index is 13.3. The second-order valence-electron chi connectivity index (χ2n) is 9.38. The molecular formula is C24H30N2O4. The lowest BCUT2D eigenvalue weighted by Gasteiger charge is -2.34. The van der Waals surface area contributed by atoms with Gasteiger partial charge in [0.1, 0.15) is 17.9 Å². The van der Waals surface area contributed by atoms with Crippen molar-refractivity contribution >= 4 is 11.9 Å². The van der Waals surface area contributed by atoms with Gasteiger partial charge in [0.15, 0.2) is 0 Å². The lowest BCUT2D eigenvalue weighted by molar-refractivity contribution is -0.164. The standard InChI is InChI=1S/C24H30N2O4/c1-24(2,3)30-23(28)20-13-17-11-7-8-12-19(17)26(20)21(27)14-18-15-29-22(25-18)16-9-5-4-6-10-16/h4-6,9-10,15,17,19-20H,7-8,11-14H2,1-3H3/t17-,19+,20-/m0/s1. The number of ether oxygens (including phenoxy) is 1. The van der Waals surface area contributed by atoms with Crippen LogP contribution in [-0.2, 0) is 20.7 Å². The third-order valence-corrected chi connectivity index (χ3v) is 5.96. The van der Waals surface area contributed by atoms with Crippen LogP contribution in [0.5, 0.6) is 0 Å². The molecule has 2 aromatic rings. The van der Waals surface area contributed by atoms with E-state index < -0.39 is 11.6 Å². The van der Waals surface area contributed by atoms with E-state index in [1.807, 2.05) is 51.1 Å². The van der Waals surface area contributed by atoms with Crippen molar-refractivity contribution in [2.24, 2.45) is 5.92 Å². The molecule has 6 nitrogen and oxygen atoms in total. The quantitative estimate of drug-likeness (QED) is 0.699. The summed E-state index contributed by atoms with van der Waals surface area (Å²) < 4.78 is 11.2. The molecule has 4 rings (SSSR count). The van der Waals surface area contributed by atoms with Gasteiger partial charge in [-0.1, -0.05) is 31.0 Å². The number of likely N-dealkylation sites (tertiary alicyclic amines) is 1. The summed E-state index contributed by atoms with van der Waals surface area (Å²) in [6.07, 6.45) is 6.62. The first kappa shape index (κ1) is 20.6. The molecule has 1 saturated carbocycles. The van der Waals surface area contributed by atoms with Crippen molar-refractivity contribution < 1.29 is 18.7 Å². The zero-order valence-corrected chi connectivity index (χ0v) is 18.0. The van der Waals surface area contributed by atoms with E-state index in [1.54, 1.807) is 4.90 Å². The number of carbonyl (C=O) groups excluding carboxylic acids is 2. The normalized spacial score (nSPS) is 23.8. The predicted octanol–water partition coefficient (Wildman–Crippen LogP) is 4.39. The van der Waals surface area contributed by atoms with Crippen molar-refractivity contribution in [3.8, 4) is 11.5 Å². The first-order valence-corrected chi connectivity index (χ1v) is 10.9. The lowest BCUT2D eigenvalue weighted by Crippen LogP contribution is -2.48. The molecule has 1 aromatic heterocycles. The van der Waals surface area contributed by atoms with Crippen molar-refractivity contribution in [3.63, 3.8) is 0 Å². The Morgan fingerprint density at radius 2 is 1.90 bits per heavy atom. The molecule has 0 radical (unpaired) electrons. The molecule has 0 bridgehead atoms. The van der Waals surface area contributed by atoms with E-state index in [4.69, 9.17) is 9.15 Å². The van der Waals surface area contributed by atoms with E-state index in [1.165, 1.54) is 6.26 Å². The Kier molecular flexibility index (Phi) is 5.67. The smallest absolute Gasteiger partial charge is 0.329 e. The van der Waals surface area contributed by atoms with Crippen LogP contribution in [0.3, 0.4) is 0 Å². The van der Waals surface area contributed by atoms with Crippen LogP contribution >= 0.6 is 0 Å². The fourth-order valence-corrected chi connectivity index (χ4v) is 4.75. The van der Waals surface area contributed by atoms with Gasteiger partial charge >= 0.3 is 5.97 Å². The van der Waals surface area contributed by atoms with E-state index in [2.05, 4.69) is 4.98 Å². The number of hydrogen-bond acceptors (Lipinski definition) is 5. The maximum absolute atomic E-state index is 13.3. The minimum atomic E-state index is -0.573. The summed E-state index contributed by atoms with van der Waals surface area (Å²) in [7, 11) is 0. The average Bonchev–Trinajstić information content (AvgIpc) is 3.32. The number of nitrogens with zero attached hydrogens (tertiary/aromatic N) is 2. The molecule has 1 aliphatic heterocycles.